The van der Waals surface area contributed by atoms with Crippen LogP contribution in [-0.2, 0) is 20.6 Å². The fraction of sp³-hybridized carbons (Fsp3) is 0.471. The maximum absolute atomic E-state index is 12.8. The van der Waals surface area contributed by atoms with Crippen LogP contribution >= 0.6 is 46.3 Å². The van der Waals surface area contributed by atoms with Crippen molar-refractivity contribution in [3.8, 4) is 0 Å². The monoisotopic (exact) mass is 494 g/mol. The fourth-order valence-electron chi connectivity index (χ4n) is 2.99. The van der Waals surface area contributed by atoms with E-state index in [4.69, 9.17) is 23.2 Å². The summed E-state index contributed by atoms with van der Waals surface area (Å²) in [4.78, 5) is 12.6. The summed E-state index contributed by atoms with van der Waals surface area (Å²) in [6, 6.07) is 4.77. The molecule has 12 heteroatoms. The molecule has 1 N–H and O–H groups in total. The second-order valence-corrected chi connectivity index (χ2v) is 11.8. The Morgan fingerprint density at radius 2 is 2.14 bits per heavy atom. The summed E-state index contributed by atoms with van der Waals surface area (Å²) in [5.41, 5.74) is 0.556. The molecule has 1 fully saturated rings. The number of hydrogen-bond acceptors (Lipinski definition) is 7. The highest BCUT2D eigenvalue weighted by molar-refractivity contribution is 8.01. The van der Waals surface area contributed by atoms with Gasteiger partial charge in [0.15, 0.2) is 4.34 Å². The van der Waals surface area contributed by atoms with Crippen molar-refractivity contribution in [2.75, 3.05) is 24.2 Å². The first-order chi connectivity index (χ1) is 13.8. The highest BCUT2D eigenvalue weighted by Gasteiger charge is 2.32. The van der Waals surface area contributed by atoms with Crippen LogP contribution in [0.1, 0.15) is 25.3 Å². The molecule has 1 aromatic heterocycles. The predicted octanol–water partition coefficient (Wildman–Crippen LogP) is 4.14. The Balaban J connectivity index is 1.63. The van der Waals surface area contributed by atoms with Gasteiger partial charge in [-0.2, -0.15) is 0 Å². The zero-order chi connectivity index (χ0) is 21.0. The fourth-order valence-corrected chi connectivity index (χ4v) is 6.56. The van der Waals surface area contributed by atoms with Crippen molar-refractivity contribution in [3.05, 3.63) is 33.8 Å². The van der Waals surface area contributed by atoms with Crippen LogP contribution in [0.5, 0.6) is 0 Å². The molecule has 2 heterocycles. The van der Waals surface area contributed by atoms with Gasteiger partial charge in [-0.25, -0.2) is 12.7 Å². The smallest absolute Gasteiger partial charge is 0.230 e. The number of nitrogens with zero attached hydrogens (tertiary/aromatic N) is 3. The molecule has 1 aliphatic heterocycles. The average Bonchev–Trinajstić information content (AvgIpc) is 3.12. The van der Waals surface area contributed by atoms with Gasteiger partial charge in [-0.3, -0.25) is 4.79 Å². The largest absolute Gasteiger partial charge is 0.300 e. The molecule has 7 nitrogen and oxygen atoms in total. The summed E-state index contributed by atoms with van der Waals surface area (Å²) in [6.45, 7) is 2.55. The number of nitrogens with one attached hydrogen (secondary N) is 1. The van der Waals surface area contributed by atoms with E-state index in [1.807, 2.05) is 6.92 Å². The molecular weight excluding hydrogens is 475 g/mol. The molecule has 0 aliphatic carbocycles. The summed E-state index contributed by atoms with van der Waals surface area (Å²) in [5.74, 6) is 0.0189. The van der Waals surface area contributed by atoms with Gasteiger partial charge in [0, 0.05) is 13.1 Å². The van der Waals surface area contributed by atoms with Gasteiger partial charge < -0.3 is 5.32 Å². The number of carbonyl (C=O) groups excluding carboxylic acids is 1. The van der Waals surface area contributed by atoms with E-state index in [-0.39, 0.29) is 18.2 Å². The molecule has 1 aromatic carbocycles. The maximum Gasteiger partial charge on any atom is 0.230 e. The van der Waals surface area contributed by atoms with E-state index in [9.17, 15) is 13.2 Å². The molecule has 1 atom stereocenters. The topological polar surface area (TPSA) is 92.3 Å². The van der Waals surface area contributed by atoms with Gasteiger partial charge in [-0.15, -0.1) is 10.2 Å². The van der Waals surface area contributed by atoms with Gasteiger partial charge in [0.1, 0.15) is 0 Å². The molecule has 158 valence electrons. The van der Waals surface area contributed by atoms with Crippen molar-refractivity contribution >= 4 is 67.4 Å². The number of carbonyl (C=O) groups is 1. The maximum atomic E-state index is 12.8. The van der Waals surface area contributed by atoms with Crippen LogP contribution in [-0.4, -0.2) is 47.7 Å². The van der Waals surface area contributed by atoms with Crippen LogP contribution in [0.4, 0.5) is 5.13 Å². The zero-order valence-electron chi connectivity index (χ0n) is 15.6. The number of halogens is 2. The number of hydrogen-bond donors (Lipinski definition) is 1. The summed E-state index contributed by atoms with van der Waals surface area (Å²) in [5, 5.41) is 11.9. The van der Waals surface area contributed by atoms with E-state index in [1.54, 1.807) is 30.0 Å². The number of amides is 1. The molecule has 0 saturated carbocycles. The predicted molar refractivity (Wildman–Crippen MR) is 118 cm³/mol. The van der Waals surface area contributed by atoms with Crippen molar-refractivity contribution < 1.29 is 13.2 Å². The number of anilines is 1. The minimum absolute atomic E-state index is 0.144. The normalized spacial score (nSPS) is 18.0. The molecule has 2 aromatic rings. The standard InChI is InChI=1S/C17H20Cl2N4O3S3/c1-2-27-17-22-21-16(28-17)20-15(24)12-4-3-7-23(9-12)29(25,26)10-11-5-6-13(18)14(19)8-11/h5-6,8,12H,2-4,7,9-10H2,1H3,(H,20,21,24)/t12-/m1/s1. The SMILES string of the molecule is CCSc1nnc(NC(=O)[C@@H]2CCCN(S(=O)(=O)Cc3ccc(Cl)c(Cl)c3)C2)s1. The highest BCUT2D eigenvalue weighted by atomic mass is 35.5. The third kappa shape index (κ3) is 6.05. The molecule has 1 aliphatic rings. The Hall–Kier alpha value is -0.910. The van der Waals surface area contributed by atoms with Gasteiger partial charge in [0.2, 0.25) is 21.1 Å². The van der Waals surface area contributed by atoms with E-state index >= 15 is 0 Å². The molecule has 0 spiro atoms. The Kier molecular flexibility index (Phi) is 7.80. The molecule has 0 bridgehead atoms. The lowest BCUT2D eigenvalue weighted by Crippen LogP contribution is -2.44. The van der Waals surface area contributed by atoms with Crippen LogP contribution in [0.25, 0.3) is 0 Å². The molecule has 1 amide bonds. The first-order valence-electron chi connectivity index (χ1n) is 8.97. The molecule has 29 heavy (non-hydrogen) atoms. The van der Waals surface area contributed by atoms with E-state index in [1.165, 1.54) is 15.6 Å². The minimum Gasteiger partial charge on any atom is -0.300 e. The van der Waals surface area contributed by atoms with Gasteiger partial charge in [-0.05, 0) is 36.3 Å². The number of benzene rings is 1. The summed E-state index contributed by atoms with van der Waals surface area (Å²) in [7, 11) is -3.59. The van der Waals surface area contributed by atoms with Crippen molar-refractivity contribution in [2.45, 2.75) is 29.9 Å². The third-order valence-electron chi connectivity index (χ3n) is 4.39. The first kappa shape index (κ1) is 22.8. The molecule has 0 radical (unpaired) electrons. The summed E-state index contributed by atoms with van der Waals surface area (Å²) in [6.07, 6.45) is 1.24. The van der Waals surface area contributed by atoms with E-state index < -0.39 is 15.9 Å². The average molecular weight is 495 g/mol. The van der Waals surface area contributed by atoms with Crippen molar-refractivity contribution in [2.24, 2.45) is 5.92 Å². The molecule has 0 unspecified atom stereocenters. The number of piperidine rings is 1. The first-order valence-corrected chi connectivity index (χ1v) is 13.1. The van der Waals surface area contributed by atoms with Crippen LogP contribution in [0, 0.1) is 5.92 Å². The summed E-state index contributed by atoms with van der Waals surface area (Å²) >= 11 is 14.7. The Labute approximate surface area is 188 Å². The quantitative estimate of drug-likeness (QED) is 0.459. The molecule has 1 saturated heterocycles. The molecule has 3 rings (SSSR count). The lowest BCUT2D eigenvalue weighted by Gasteiger charge is -2.31. The van der Waals surface area contributed by atoms with Crippen LogP contribution in [0.3, 0.4) is 0 Å². The van der Waals surface area contributed by atoms with Crippen molar-refractivity contribution in [1.82, 2.24) is 14.5 Å². The third-order valence-corrected chi connectivity index (χ3v) is 8.80. The van der Waals surface area contributed by atoms with E-state index in [0.717, 1.165) is 10.1 Å². The minimum atomic E-state index is -3.59. The number of aromatic nitrogens is 2. The lowest BCUT2D eigenvalue weighted by atomic mass is 9.99. The van der Waals surface area contributed by atoms with Gasteiger partial charge >= 0.3 is 0 Å². The molecular formula is C17H20Cl2N4O3S3. The Bertz CT molecular complexity index is 984. The Morgan fingerprint density at radius 3 is 2.86 bits per heavy atom. The van der Waals surface area contributed by atoms with E-state index in [2.05, 4.69) is 15.5 Å². The van der Waals surface area contributed by atoms with Crippen LogP contribution in [0.2, 0.25) is 10.0 Å². The van der Waals surface area contributed by atoms with Gasteiger partial charge in [0.25, 0.3) is 0 Å². The number of sulfonamides is 1. The zero-order valence-corrected chi connectivity index (χ0v) is 19.6. The Morgan fingerprint density at radius 1 is 1.34 bits per heavy atom. The summed E-state index contributed by atoms with van der Waals surface area (Å²) < 4.78 is 27.9. The second-order valence-electron chi connectivity index (χ2n) is 6.50. The van der Waals surface area contributed by atoms with Crippen LogP contribution in [0.15, 0.2) is 22.5 Å². The van der Waals surface area contributed by atoms with Crippen LogP contribution < -0.4 is 5.32 Å². The van der Waals surface area contributed by atoms with Gasteiger partial charge in [0.05, 0.1) is 21.7 Å². The van der Waals surface area contributed by atoms with Crippen molar-refractivity contribution in [1.29, 1.82) is 0 Å². The number of thioether (sulfide) groups is 1. The second kappa shape index (κ2) is 9.93. The van der Waals surface area contributed by atoms with E-state index in [0.29, 0.717) is 40.1 Å². The highest BCUT2D eigenvalue weighted by Crippen LogP contribution is 2.28. The van der Waals surface area contributed by atoms with Gasteiger partial charge in [-0.1, -0.05) is 59.3 Å². The lowest BCUT2D eigenvalue weighted by molar-refractivity contribution is -0.120. The number of rotatable bonds is 7. The van der Waals surface area contributed by atoms with Crippen molar-refractivity contribution in [3.63, 3.8) is 0 Å².